The molecule has 4 aromatic rings. The van der Waals surface area contributed by atoms with E-state index in [1.807, 2.05) is 29.8 Å². The second-order valence-electron chi connectivity index (χ2n) is 7.53. The predicted molar refractivity (Wildman–Crippen MR) is 118 cm³/mol. The van der Waals surface area contributed by atoms with Crippen LogP contribution >= 0.6 is 0 Å². The summed E-state index contributed by atoms with van der Waals surface area (Å²) in [5.74, 6) is 0.346. The summed E-state index contributed by atoms with van der Waals surface area (Å²) >= 11 is 0. The summed E-state index contributed by atoms with van der Waals surface area (Å²) in [7, 11) is 0. The summed E-state index contributed by atoms with van der Waals surface area (Å²) < 4.78 is 1.97. The molecule has 0 saturated carbocycles. The van der Waals surface area contributed by atoms with Gasteiger partial charge >= 0.3 is 0 Å². The van der Waals surface area contributed by atoms with Crippen molar-refractivity contribution in [2.75, 3.05) is 13.1 Å². The van der Waals surface area contributed by atoms with Crippen molar-refractivity contribution in [3.8, 4) is 11.5 Å². The zero-order valence-electron chi connectivity index (χ0n) is 16.9. The Kier molecular flexibility index (Phi) is 5.37. The third kappa shape index (κ3) is 3.71. The molecule has 2 heterocycles. The molecule has 1 amide bonds. The lowest BCUT2D eigenvalue weighted by Gasteiger charge is -2.10. The lowest BCUT2D eigenvalue weighted by molar-refractivity contribution is -0.121. The molecule has 0 unspecified atom stereocenters. The molecule has 2 aromatic carbocycles. The van der Waals surface area contributed by atoms with Crippen LogP contribution in [-0.4, -0.2) is 38.8 Å². The number of carbonyl (C=O) groups is 1. The van der Waals surface area contributed by atoms with E-state index in [1.54, 1.807) is 24.3 Å². The number of nitrogens with zero attached hydrogens (tertiary/aromatic N) is 1. The van der Waals surface area contributed by atoms with E-state index in [0.717, 1.165) is 38.6 Å². The average molecular weight is 406 g/mol. The molecule has 6 N–H and O–H groups in total. The Morgan fingerprint density at radius 3 is 2.60 bits per heavy atom. The maximum Gasteiger partial charge on any atom is 0.239 e. The number of aromatic hydroxyl groups is 2. The Balaban J connectivity index is 1.47. The van der Waals surface area contributed by atoms with Crippen LogP contribution in [0.4, 0.5) is 0 Å². The number of benzene rings is 2. The predicted octanol–water partition coefficient (Wildman–Crippen LogP) is 2.70. The average Bonchev–Trinajstić information content (AvgIpc) is 3.22. The van der Waals surface area contributed by atoms with Crippen molar-refractivity contribution in [2.24, 2.45) is 5.73 Å². The lowest BCUT2D eigenvalue weighted by atomic mass is 10.1. The largest absolute Gasteiger partial charge is 0.508 e. The Hall–Kier alpha value is -3.45. The van der Waals surface area contributed by atoms with E-state index in [1.165, 1.54) is 0 Å². The summed E-state index contributed by atoms with van der Waals surface area (Å²) in [6.07, 6.45) is 3.26. The van der Waals surface area contributed by atoms with Crippen LogP contribution in [0.2, 0.25) is 0 Å². The van der Waals surface area contributed by atoms with E-state index < -0.39 is 0 Å². The highest BCUT2D eigenvalue weighted by atomic mass is 16.3. The third-order valence-electron chi connectivity index (χ3n) is 5.60. The van der Waals surface area contributed by atoms with E-state index in [2.05, 4.69) is 10.3 Å². The lowest BCUT2D eigenvalue weighted by Crippen LogP contribution is -2.29. The van der Waals surface area contributed by atoms with Gasteiger partial charge in [0.2, 0.25) is 5.91 Å². The van der Waals surface area contributed by atoms with Crippen LogP contribution in [0.1, 0.15) is 16.8 Å². The van der Waals surface area contributed by atoms with Gasteiger partial charge in [-0.2, -0.15) is 0 Å². The smallest absolute Gasteiger partial charge is 0.239 e. The summed E-state index contributed by atoms with van der Waals surface area (Å²) in [6.45, 7) is 3.18. The summed E-state index contributed by atoms with van der Waals surface area (Å²) in [5, 5.41) is 24.5. The van der Waals surface area contributed by atoms with E-state index in [9.17, 15) is 15.0 Å². The van der Waals surface area contributed by atoms with Gasteiger partial charge in [0, 0.05) is 40.2 Å². The van der Waals surface area contributed by atoms with Crippen LogP contribution in [0.5, 0.6) is 11.5 Å². The third-order valence-corrected chi connectivity index (χ3v) is 5.60. The molecule has 7 heteroatoms. The molecule has 0 radical (unpaired) electrons. The number of H-pyrrole nitrogens is 1. The van der Waals surface area contributed by atoms with Gasteiger partial charge in [0.25, 0.3) is 0 Å². The maximum absolute atomic E-state index is 12.6. The zero-order chi connectivity index (χ0) is 21.3. The number of fused-ring (bicyclic) bond motifs is 2. The fraction of sp³-hybridized carbons (Fsp3) is 0.261. The van der Waals surface area contributed by atoms with Crippen molar-refractivity contribution in [3.05, 3.63) is 59.4 Å². The number of aromatic nitrogens is 2. The number of carbonyl (C=O) groups excluding carboxylic acids is 1. The number of hydrogen-bond acceptors (Lipinski definition) is 4. The zero-order valence-corrected chi connectivity index (χ0v) is 16.9. The normalized spacial score (nSPS) is 11.4. The SMILES string of the molecule is Cc1c(CCN)c2cc(O)ccc2n1CC(=O)NCCc1c[nH]c2ccc(O)cc12. The highest BCUT2D eigenvalue weighted by Gasteiger charge is 2.16. The van der Waals surface area contributed by atoms with Crippen LogP contribution in [0, 0.1) is 6.92 Å². The Labute approximate surface area is 174 Å². The first-order chi connectivity index (χ1) is 14.5. The van der Waals surface area contributed by atoms with Gasteiger partial charge in [-0.1, -0.05) is 0 Å². The molecule has 4 rings (SSSR count). The molecular formula is C23H26N4O3. The fourth-order valence-electron chi connectivity index (χ4n) is 4.11. The molecule has 0 bridgehead atoms. The number of amides is 1. The highest BCUT2D eigenvalue weighted by Crippen LogP contribution is 2.29. The van der Waals surface area contributed by atoms with Crippen molar-refractivity contribution in [2.45, 2.75) is 26.3 Å². The van der Waals surface area contributed by atoms with E-state index >= 15 is 0 Å². The molecule has 0 spiro atoms. The van der Waals surface area contributed by atoms with Gasteiger partial charge in [0.1, 0.15) is 18.0 Å². The first-order valence-corrected chi connectivity index (χ1v) is 10.0. The summed E-state index contributed by atoms with van der Waals surface area (Å²) in [5.41, 5.74) is 10.7. The number of nitrogens with one attached hydrogen (secondary N) is 2. The van der Waals surface area contributed by atoms with Crippen molar-refractivity contribution >= 4 is 27.7 Å². The van der Waals surface area contributed by atoms with Crippen LogP contribution in [-0.2, 0) is 24.2 Å². The molecule has 0 fully saturated rings. The van der Waals surface area contributed by atoms with Gasteiger partial charge in [-0.3, -0.25) is 4.79 Å². The Morgan fingerprint density at radius 2 is 1.83 bits per heavy atom. The number of rotatable bonds is 7. The van der Waals surface area contributed by atoms with Crippen molar-refractivity contribution in [1.82, 2.24) is 14.9 Å². The van der Waals surface area contributed by atoms with Crippen LogP contribution in [0.3, 0.4) is 0 Å². The molecule has 156 valence electrons. The molecule has 2 aromatic heterocycles. The molecular weight excluding hydrogens is 380 g/mol. The van der Waals surface area contributed by atoms with Gasteiger partial charge in [-0.05, 0) is 73.8 Å². The molecule has 0 aliphatic heterocycles. The monoisotopic (exact) mass is 406 g/mol. The van der Waals surface area contributed by atoms with Gasteiger partial charge in [0.15, 0.2) is 0 Å². The minimum absolute atomic E-state index is 0.0786. The van der Waals surface area contributed by atoms with E-state index in [-0.39, 0.29) is 24.0 Å². The minimum atomic E-state index is -0.0786. The van der Waals surface area contributed by atoms with Crippen molar-refractivity contribution in [3.63, 3.8) is 0 Å². The number of phenolic OH excluding ortho intramolecular Hbond substituents is 2. The molecule has 0 atom stereocenters. The van der Waals surface area contributed by atoms with Gasteiger partial charge in [-0.25, -0.2) is 0 Å². The van der Waals surface area contributed by atoms with Gasteiger partial charge in [0.05, 0.1) is 0 Å². The number of phenols is 2. The van der Waals surface area contributed by atoms with Gasteiger partial charge < -0.3 is 30.8 Å². The standard InChI is InChI=1S/C23H26N4O3/c1-14-18(6-8-24)20-11-17(29)3-5-22(20)27(14)13-23(30)25-9-7-15-12-26-21-4-2-16(28)10-19(15)21/h2-5,10-12,26,28-29H,6-9,13,24H2,1H3,(H,25,30). The minimum Gasteiger partial charge on any atom is -0.508 e. The quantitative estimate of drug-likeness (QED) is 0.324. The first-order valence-electron chi connectivity index (χ1n) is 10.0. The Morgan fingerprint density at radius 1 is 1.10 bits per heavy atom. The summed E-state index contributed by atoms with van der Waals surface area (Å²) in [4.78, 5) is 15.8. The number of aromatic amines is 1. The van der Waals surface area contributed by atoms with Crippen LogP contribution < -0.4 is 11.1 Å². The molecule has 0 saturated heterocycles. The second kappa shape index (κ2) is 8.12. The molecule has 30 heavy (non-hydrogen) atoms. The molecule has 0 aliphatic carbocycles. The first kappa shape index (κ1) is 19.8. The van der Waals surface area contributed by atoms with Crippen LogP contribution in [0.25, 0.3) is 21.8 Å². The summed E-state index contributed by atoms with van der Waals surface area (Å²) in [6, 6.07) is 10.4. The van der Waals surface area contributed by atoms with Crippen molar-refractivity contribution in [1.29, 1.82) is 0 Å². The van der Waals surface area contributed by atoms with E-state index in [0.29, 0.717) is 25.9 Å². The molecule has 0 aliphatic rings. The topological polar surface area (TPSA) is 116 Å². The second-order valence-corrected chi connectivity index (χ2v) is 7.53. The van der Waals surface area contributed by atoms with E-state index in [4.69, 9.17) is 5.73 Å². The van der Waals surface area contributed by atoms with Crippen molar-refractivity contribution < 1.29 is 15.0 Å². The Bertz CT molecular complexity index is 1220. The number of hydrogen-bond donors (Lipinski definition) is 5. The molecule has 7 nitrogen and oxygen atoms in total. The van der Waals surface area contributed by atoms with Crippen LogP contribution in [0.15, 0.2) is 42.6 Å². The highest BCUT2D eigenvalue weighted by molar-refractivity contribution is 5.89. The van der Waals surface area contributed by atoms with Gasteiger partial charge in [-0.15, -0.1) is 0 Å². The number of nitrogens with two attached hydrogens (primary N) is 1. The fourth-order valence-corrected chi connectivity index (χ4v) is 4.11. The maximum atomic E-state index is 12.6.